The highest BCUT2D eigenvalue weighted by atomic mass is 16.2. The van der Waals surface area contributed by atoms with E-state index in [0.29, 0.717) is 0 Å². The average molecular weight is 267 g/mol. The van der Waals surface area contributed by atoms with E-state index in [0.717, 1.165) is 38.8 Å². The molecule has 0 spiro atoms. The third kappa shape index (κ3) is 7.29. The number of unbranched alkanes of at least 4 members (excludes halogenated alkanes) is 1. The third-order valence-corrected chi connectivity index (χ3v) is 2.81. The molecule has 1 aliphatic heterocycles. The topological polar surface area (TPSA) is 20.3 Å². The molecule has 1 heterocycles. The fourth-order valence-electron chi connectivity index (χ4n) is 1.78. The Bertz CT molecular complexity index is 497. The van der Waals surface area contributed by atoms with Crippen molar-refractivity contribution in [3.8, 4) is 23.7 Å². The summed E-state index contributed by atoms with van der Waals surface area (Å²) in [4.78, 5) is 13.6. The van der Waals surface area contributed by atoms with Gasteiger partial charge in [-0.05, 0) is 44.1 Å². The van der Waals surface area contributed by atoms with Crippen molar-refractivity contribution in [1.29, 1.82) is 0 Å². The maximum Gasteiger partial charge on any atom is 0.246 e. The highest BCUT2D eigenvalue weighted by molar-refractivity contribution is 5.88. The molecule has 0 aliphatic carbocycles. The van der Waals surface area contributed by atoms with Crippen LogP contribution in [0.15, 0.2) is 36.5 Å². The zero-order valence-electron chi connectivity index (χ0n) is 12.1. The fourth-order valence-corrected chi connectivity index (χ4v) is 1.78. The SMILES string of the molecule is CC=CC#CC#CCCC=CC=CC(=O)N1CCCC1. The second kappa shape index (κ2) is 10.7. The van der Waals surface area contributed by atoms with Crippen molar-refractivity contribution in [3.05, 3.63) is 36.5 Å². The Kier molecular flexibility index (Phi) is 8.49. The van der Waals surface area contributed by atoms with Gasteiger partial charge in [-0.2, -0.15) is 0 Å². The number of hydrogen-bond donors (Lipinski definition) is 0. The van der Waals surface area contributed by atoms with Crippen LogP contribution in [0.25, 0.3) is 0 Å². The number of rotatable bonds is 4. The molecule has 1 rings (SSSR count). The quantitative estimate of drug-likeness (QED) is 0.332. The lowest BCUT2D eigenvalue weighted by atomic mass is 10.3. The van der Waals surface area contributed by atoms with Crippen molar-refractivity contribution >= 4 is 5.91 Å². The van der Waals surface area contributed by atoms with Gasteiger partial charge in [-0.15, -0.1) is 0 Å². The Morgan fingerprint density at radius 3 is 2.75 bits per heavy atom. The molecule has 2 heteroatoms. The predicted octanol–water partition coefficient (Wildman–Crippen LogP) is 3.08. The van der Waals surface area contributed by atoms with Gasteiger partial charge in [-0.25, -0.2) is 0 Å². The van der Waals surface area contributed by atoms with Crippen molar-refractivity contribution < 1.29 is 4.79 Å². The molecule has 0 radical (unpaired) electrons. The van der Waals surface area contributed by atoms with Gasteiger partial charge in [0.05, 0.1) is 0 Å². The molecule has 0 atom stereocenters. The second-order valence-corrected chi connectivity index (χ2v) is 4.43. The molecule has 0 aromatic rings. The summed E-state index contributed by atoms with van der Waals surface area (Å²) < 4.78 is 0. The zero-order valence-corrected chi connectivity index (χ0v) is 12.1. The maximum atomic E-state index is 11.7. The summed E-state index contributed by atoms with van der Waals surface area (Å²) in [5, 5.41) is 0. The molecule has 0 aromatic carbocycles. The lowest BCUT2D eigenvalue weighted by Crippen LogP contribution is -2.25. The highest BCUT2D eigenvalue weighted by Crippen LogP contribution is 2.07. The minimum absolute atomic E-state index is 0.117. The van der Waals surface area contributed by atoms with Crippen LogP contribution in [0.1, 0.15) is 32.6 Å². The summed E-state index contributed by atoms with van der Waals surface area (Å²) in [6.07, 6.45) is 14.9. The van der Waals surface area contributed by atoms with E-state index in [-0.39, 0.29) is 5.91 Å². The molecule has 1 fully saturated rings. The van der Waals surface area contributed by atoms with Gasteiger partial charge in [0.25, 0.3) is 0 Å². The zero-order chi connectivity index (χ0) is 14.5. The van der Waals surface area contributed by atoms with Crippen LogP contribution in [0.4, 0.5) is 0 Å². The molecule has 0 N–H and O–H groups in total. The monoisotopic (exact) mass is 267 g/mol. The molecule has 1 amide bonds. The molecule has 0 bridgehead atoms. The smallest absolute Gasteiger partial charge is 0.246 e. The van der Waals surface area contributed by atoms with Gasteiger partial charge < -0.3 is 4.90 Å². The highest BCUT2D eigenvalue weighted by Gasteiger charge is 2.14. The first kappa shape index (κ1) is 15.9. The van der Waals surface area contributed by atoms with E-state index in [9.17, 15) is 4.79 Å². The maximum absolute atomic E-state index is 11.7. The first-order valence-electron chi connectivity index (χ1n) is 7.06. The van der Waals surface area contributed by atoms with E-state index in [1.165, 1.54) is 0 Å². The van der Waals surface area contributed by atoms with E-state index in [2.05, 4.69) is 23.7 Å². The van der Waals surface area contributed by atoms with E-state index in [1.54, 1.807) is 18.2 Å². The van der Waals surface area contributed by atoms with Gasteiger partial charge in [-0.3, -0.25) is 4.79 Å². The molecule has 1 saturated heterocycles. The number of carbonyl (C=O) groups is 1. The van der Waals surface area contributed by atoms with Crippen molar-refractivity contribution in [2.75, 3.05) is 13.1 Å². The number of likely N-dealkylation sites (tertiary alicyclic amines) is 1. The van der Waals surface area contributed by atoms with Crippen LogP contribution >= 0.6 is 0 Å². The molecule has 2 nitrogen and oxygen atoms in total. The second-order valence-electron chi connectivity index (χ2n) is 4.43. The van der Waals surface area contributed by atoms with Gasteiger partial charge in [0.1, 0.15) is 0 Å². The molecular weight excluding hydrogens is 246 g/mol. The lowest BCUT2D eigenvalue weighted by Gasteiger charge is -2.11. The van der Waals surface area contributed by atoms with Crippen molar-refractivity contribution in [3.63, 3.8) is 0 Å². The largest absolute Gasteiger partial charge is 0.339 e. The molecule has 1 aliphatic rings. The average Bonchev–Trinajstić information content (AvgIpc) is 2.99. The Labute approximate surface area is 122 Å². The van der Waals surface area contributed by atoms with Gasteiger partial charge in [0.15, 0.2) is 0 Å². The predicted molar refractivity (Wildman–Crippen MR) is 83.7 cm³/mol. The van der Waals surface area contributed by atoms with Gasteiger partial charge in [0.2, 0.25) is 5.91 Å². The summed E-state index contributed by atoms with van der Waals surface area (Å²) >= 11 is 0. The summed E-state index contributed by atoms with van der Waals surface area (Å²) in [5.74, 6) is 11.4. The van der Waals surface area contributed by atoms with Crippen LogP contribution in [0.2, 0.25) is 0 Å². The normalized spacial score (nSPS) is 14.6. The molecular formula is C18H21NO. The Balaban J connectivity index is 2.15. The first-order valence-corrected chi connectivity index (χ1v) is 7.06. The van der Waals surface area contributed by atoms with E-state index in [1.807, 2.05) is 30.1 Å². The Morgan fingerprint density at radius 1 is 1.20 bits per heavy atom. The number of carbonyl (C=O) groups excluding carboxylic acids is 1. The minimum atomic E-state index is 0.117. The van der Waals surface area contributed by atoms with Gasteiger partial charge in [-0.1, -0.05) is 36.1 Å². The summed E-state index contributed by atoms with van der Waals surface area (Å²) in [6.45, 7) is 3.72. The van der Waals surface area contributed by atoms with Crippen LogP contribution in [-0.2, 0) is 4.79 Å². The summed E-state index contributed by atoms with van der Waals surface area (Å²) in [7, 11) is 0. The van der Waals surface area contributed by atoms with Gasteiger partial charge >= 0.3 is 0 Å². The van der Waals surface area contributed by atoms with E-state index in [4.69, 9.17) is 0 Å². The number of hydrogen-bond acceptors (Lipinski definition) is 1. The molecule has 0 aromatic heterocycles. The number of allylic oxidation sites excluding steroid dienone is 5. The minimum Gasteiger partial charge on any atom is -0.339 e. The molecule has 20 heavy (non-hydrogen) atoms. The third-order valence-electron chi connectivity index (χ3n) is 2.81. The number of amides is 1. The van der Waals surface area contributed by atoms with Crippen LogP contribution in [0.5, 0.6) is 0 Å². The van der Waals surface area contributed by atoms with Crippen LogP contribution in [-0.4, -0.2) is 23.9 Å². The molecule has 0 unspecified atom stereocenters. The molecule has 104 valence electrons. The van der Waals surface area contributed by atoms with Crippen molar-refractivity contribution in [2.24, 2.45) is 0 Å². The Hall–Kier alpha value is -2.19. The van der Waals surface area contributed by atoms with Crippen LogP contribution in [0.3, 0.4) is 0 Å². The van der Waals surface area contributed by atoms with Crippen LogP contribution < -0.4 is 0 Å². The first-order chi connectivity index (χ1) is 9.84. The Morgan fingerprint density at radius 2 is 2.00 bits per heavy atom. The van der Waals surface area contributed by atoms with E-state index >= 15 is 0 Å². The summed E-state index contributed by atoms with van der Waals surface area (Å²) in [5.41, 5.74) is 0. The van der Waals surface area contributed by atoms with Crippen molar-refractivity contribution in [2.45, 2.75) is 32.6 Å². The number of nitrogens with zero attached hydrogens (tertiary/aromatic N) is 1. The van der Waals surface area contributed by atoms with E-state index < -0.39 is 0 Å². The van der Waals surface area contributed by atoms with Crippen molar-refractivity contribution in [1.82, 2.24) is 4.90 Å². The standard InChI is InChI=1S/C18H21NO/c1-2-3-4-5-6-7-8-9-10-11-12-15-18(20)19-16-13-14-17-19/h2-3,10-12,15H,8-9,13-14,16-17H2,1H3. The van der Waals surface area contributed by atoms with Crippen LogP contribution in [0, 0.1) is 23.7 Å². The molecule has 0 saturated carbocycles. The summed E-state index contributed by atoms with van der Waals surface area (Å²) in [6, 6.07) is 0. The van der Waals surface area contributed by atoms with Gasteiger partial charge in [0, 0.05) is 25.6 Å². The lowest BCUT2D eigenvalue weighted by molar-refractivity contribution is -0.124. The fraction of sp³-hybridized carbons (Fsp3) is 0.389.